The molecule has 0 bridgehead atoms. The quantitative estimate of drug-likeness (QED) is 0.412. The maximum atomic E-state index is 13.4. The number of hydrogen-bond acceptors (Lipinski definition) is 6. The number of anilines is 2. The molecule has 0 spiro atoms. The molecule has 0 unspecified atom stereocenters. The smallest absolute Gasteiger partial charge is 0.257 e. The van der Waals surface area contributed by atoms with Crippen molar-refractivity contribution in [2.75, 3.05) is 23.0 Å². The van der Waals surface area contributed by atoms with Crippen LogP contribution in [0.3, 0.4) is 0 Å². The molecular weight excluding hydrogens is 502 g/mol. The molecule has 1 amide bonds. The van der Waals surface area contributed by atoms with E-state index in [9.17, 15) is 21.6 Å². The molecule has 0 fully saturated rings. The largest absolute Gasteiger partial charge is 0.495 e. The van der Waals surface area contributed by atoms with Crippen LogP contribution in [0.5, 0.6) is 5.75 Å². The summed E-state index contributed by atoms with van der Waals surface area (Å²) in [6, 6.07) is 19.1. The lowest BCUT2D eigenvalue weighted by atomic mass is 10.1. The van der Waals surface area contributed by atoms with Crippen molar-refractivity contribution in [3.63, 3.8) is 0 Å². The van der Waals surface area contributed by atoms with Crippen LogP contribution in [-0.2, 0) is 26.6 Å². The Balaban J connectivity index is 2.01. The third kappa shape index (κ3) is 6.62. The van der Waals surface area contributed by atoms with E-state index in [0.29, 0.717) is 0 Å². The van der Waals surface area contributed by atoms with Crippen LogP contribution in [-0.4, -0.2) is 42.2 Å². The molecule has 0 aliphatic rings. The van der Waals surface area contributed by atoms with Crippen molar-refractivity contribution in [3.8, 4) is 5.75 Å². The van der Waals surface area contributed by atoms with Crippen LogP contribution in [0.1, 0.15) is 29.8 Å². The fraction of sp³-hybridized carbons (Fsp3) is 0.240. The average molecular weight is 532 g/mol. The molecule has 0 atom stereocenters. The van der Waals surface area contributed by atoms with Crippen LogP contribution in [0.25, 0.3) is 0 Å². The maximum absolute atomic E-state index is 13.4. The first-order valence-corrected chi connectivity index (χ1v) is 14.4. The van der Waals surface area contributed by atoms with E-state index in [1.54, 1.807) is 56.3 Å². The molecule has 3 aromatic carbocycles. The number of nitrogens with one attached hydrogen (secondary N) is 2. The number of carbonyl (C=O) groups is 1. The Morgan fingerprint density at radius 1 is 0.944 bits per heavy atom. The minimum atomic E-state index is -3.83. The summed E-state index contributed by atoms with van der Waals surface area (Å²) in [7, 11) is -6.19. The minimum absolute atomic E-state index is 0.0297. The van der Waals surface area contributed by atoms with Crippen LogP contribution in [0.4, 0.5) is 11.4 Å². The van der Waals surface area contributed by atoms with E-state index in [2.05, 4.69) is 10.0 Å². The van der Waals surface area contributed by atoms with Crippen molar-refractivity contribution in [2.24, 2.45) is 0 Å². The van der Waals surface area contributed by atoms with Gasteiger partial charge in [0.25, 0.3) is 5.91 Å². The molecule has 192 valence electrons. The Kier molecular flexibility index (Phi) is 8.39. The first-order chi connectivity index (χ1) is 16.9. The molecule has 2 N–H and O–H groups in total. The number of amides is 1. The van der Waals surface area contributed by atoms with E-state index in [-0.39, 0.29) is 40.2 Å². The molecule has 0 saturated carbocycles. The number of nitrogens with zero attached hydrogens (tertiary/aromatic N) is 1. The van der Waals surface area contributed by atoms with E-state index in [1.165, 1.54) is 31.4 Å². The lowest BCUT2D eigenvalue weighted by molar-refractivity contribution is 0.102. The molecule has 0 aromatic heterocycles. The first kappa shape index (κ1) is 27.2. The van der Waals surface area contributed by atoms with Gasteiger partial charge in [0.15, 0.2) is 0 Å². The zero-order valence-electron chi connectivity index (χ0n) is 20.4. The Morgan fingerprint density at radius 2 is 1.58 bits per heavy atom. The van der Waals surface area contributed by atoms with E-state index in [4.69, 9.17) is 4.74 Å². The normalized spacial score (nSPS) is 11.8. The van der Waals surface area contributed by atoms with Gasteiger partial charge in [-0.3, -0.25) is 9.10 Å². The molecular formula is C25H29N3O6S2. The van der Waals surface area contributed by atoms with Gasteiger partial charge in [0.2, 0.25) is 20.0 Å². The second kappa shape index (κ2) is 11.1. The molecule has 0 heterocycles. The fourth-order valence-corrected chi connectivity index (χ4v) is 5.71. The van der Waals surface area contributed by atoms with E-state index in [1.807, 2.05) is 6.07 Å². The number of carbonyl (C=O) groups excluding carboxylic acids is 1. The van der Waals surface area contributed by atoms with Gasteiger partial charge in [-0.15, -0.1) is 0 Å². The Bertz CT molecular complexity index is 1440. The molecule has 0 saturated heterocycles. The van der Waals surface area contributed by atoms with Gasteiger partial charge in [-0.25, -0.2) is 21.6 Å². The summed E-state index contributed by atoms with van der Waals surface area (Å²) in [5.74, 6) is -0.384. The Hall–Kier alpha value is -3.41. The van der Waals surface area contributed by atoms with E-state index in [0.717, 1.165) is 16.1 Å². The minimum Gasteiger partial charge on any atom is -0.495 e. The molecule has 0 radical (unpaired) electrons. The third-order valence-corrected chi connectivity index (χ3v) is 7.89. The number of para-hydroxylation sites is 1. The zero-order valence-corrected chi connectivity index (χ0v) is 22.1. The molecule has 36 heavy (non-hydrogen) atoms. The number of benzene rings is 3. The van der Waals surface area contributed by atoms with Crippen LogP contribution < -0.4 is 19.1 Å². The van der Waals surface area contributed by atoms with Crippen molar-refractivity contribution in [2.45, 2.75) is 31.3 Å². The highest BCUT2D eigenvalue weighted by Gasteiger charge is 2.25. The summed E-state index contributed by atoms with van der Waals surface area (Å²) < 4.78 is 59.7. The van der Waals surface area contributed by atoms with Crippen LogP contribution >= 0.6 is 0 Å². The molecule has 3 aromatic rings. The van der Waals surface area contributed by atoms with Gasteiger partial charge in [-0.2, -0.15) is 0 Å². The van der Waals surface area contributed by atoms with Crippen molar-refractivity contribution < 1.29 is 26.4 Å². The van der Waals surface area contributed by atoms with Crippen LogP contribution in [0, 0.1) is 0 Å². The van der Waals surface area contributed by atoms with Crippen molar-refractivity contribution >= 4 is 37.3 Å². The number of ether oxygens (including phenoxy) is 1. The van der Waals surface area contributed by atoms with Crippen molar-refractivity contribution in [3.05, 3.63) is 83.9 Å². The Labute approximate surface area is 212 Å². The van der Waals surface area contributed by atoms with Gasteiger partial charge in [-0.05, 0) is 49.7 Å². The second-order valence-corrected chi connectivity index (χ2v) is 12.0. The maximum Gasteiger partial charge on any atom is 0.257 e. The van der Waals surface area contributed by atoms with Gasteiger partial charge in [0.1, 0.15) is 5.75 Å². The second-order valence-electron chi connectivity index (χ2n) is 8.36. The van der Waals surface area contributed by atoms with Gasteiger partial charge < -0.3 is 10.1 Å². The molecule has 0 aliphatic carbocycles. The van der Waals surface area contributed by atoms with E-state index < -0.39 is 26.0 Å². The van der Waals surface area contributed by atoms with Crippen molar-refractivity contribution in [1.29, 1.82) is 0 Å². The average Bonchev–Trinajstić information content (AvgIpc) is 2.81. The number of sulfonamides is 2. The highest BCUT2D eigenvalue weighted by atomic mass is 32.2. The summed E-state index contributed by atoms with van der Waals surface area (Å²) in [6.07, 6.45) is 1.07. The van der Waals surface area contributed by atoms with Crippen LogP contribution in [0.2, 0.25) is 0 Å². The molecule has 3 rings (SSSR count). The van der Waals surface area contributed by atoms with Gasteiger partial charge >= 0.3 is 0 Å². The number of rotatable bonds is 10. The third-order valence-electron chi connectivity index (χ3n) is 5.11. The first-order valence-electron chi connectivity index (χ1n) is 11.0. The molecule has 11 heteroatoms. The summed E-state index contributed by atoms with van der Waals surface area (Å²) in [6.45, 7) is 3.43. The highest BCUT2D eigenvalue weighted by molar-refractivity contribution is 7.92. The summed E-state index contributed by atoms with van der Waals surface area (Å²) >= 11 is 0. The topological polar surface area (TPSA) is 122 Å². The fourth-order valence-electron chi connectivity index (χ4n) is 3.53. The Morgan fingerprint density at radius 3 is 2.19 bits per heavy atom. The van der Waals surface area contributed by atoms with Crippen molar-refractivity contribution in [1.82, 2.24) is 4.72 Å². The predicted octanol–water partition coefficient (Wildman–Crippen LogP) is 3.60. The predicted molar refractivity (Wildman–Crippen MR) is 140 cm³/mol. The SMILES string of the molecule is COc1ccc(S(=O)(=O)NC(C)C)cc1NC(=O)c1ccccc1N(Cc1ccccc1)S(C)(=O)=O. The monoisotopic (exact) mass is 531 g/mol. The zero-order chi connectivity index (χ0) is 26.5. The highest BCUT2D eigenvalue weighted by Crippen LogP contribution is 2.30. The number of hydrogen-bond donors (Lipinski definition) is 2. The van der Waals surface area contributed by atoms with Gasteiger partial charge in [-0.1, -0.05) is 42.5 Å². The van der Waals surface area contributed by atoms with E-state index >= 15 is 0 Å². The standard InChI is InChI=1S/C25H29N3O6S2/c1-18(2)27-36(32,33)20-14-15-24(34-3)22(16-20)26-25(29)21-12-8-9-13-23(21)28(35(4,30)31)17-19-10-6-5-7-11-19/h5-16,18,27H,17H2,1-4H3,(H,26,29). The summed E-state index contributed by atoms with van der Waals surface area (Å²) in [5, 5.41) is 2.68. The summed E-state index contributed by atoms with van der Waals surface area (Å²) in [5.41, 5.74) is 1.15. The molecule has 0 aliphatic heterocycles. The lowest BCUT2D eigenvalue weighted by Gasteiger charge is -2.25. The summed E-state index contributed by atoms with van der Waals surface area (Å²) in [4.78, 5) is 13.3. The van der Waals surface area contributed by atoms with Gasteiger partial charge in [0.05, 0.1) is 41.7 Å². The number of methoxy groups -OCH3 is 1. The van der Waals surface area contributed by atoms with Crippen LogP contribution in [0.15, 0.2) is 77.7 Å². The lowest BCUT2D eigenvalue weighted by Crippen LogP contribution is -2.31. The van der Waals surface area contributed by atoms with Gasteiger partial charge in [0, 0.05) is 6.04 Å². The molecule has 9 nitrogen and oxygen atoms in total.